The number of hydrogen-bond acceptors (Lipinski definition) is 6. The van der Waals surface area contributed by atoms with Crippen LogP contribution in [0.5, 0.6) is 0 Å². The highest BCUT2D eigenvalue weighted by Gasteiger charge is 2.34. The summed E-state index contributed by atoms with van der Waals surface area (Å²) in [4.78, 5) is 12.7. The lowest BCUT2D eigenvalue weighted by Gasteiger charge is -2.28. The van der Waals surface area contributed by atoms with Crippen LogP contribution in [-0.4, -0.2) is 36.8 Å². The maximum atomic E-state index is 13.1. The summed E-state index contributed by atoms with van der Waals surface area (Å²) < 4.78 is 64.4. The molecule has 0 aliphatic heterocycles. The lowest BCUT2D eigenvalue weighted by molar-refractivity contribution is -0.137. The number of anilines is 2. The first-order chi connectivity index (χ1) is 14.5. The molecule has 0 saturated carbocycles. The van der Waals surface area contributed by atoms with Crippen molar-refractivity contribution < 1.29 is 26.4 Å². The molecule has 0 radical (unpaired) electrons. The predicted octanol–water partition coefficient (Wildman–Crippen LogP) is 4.02. The Balaban J connectivity index is 1.85. The molecule has 1 atom stereocenters. The molecule has 0 fully saturated rings. The first-order valence-corrected chi connectivity index (χ1v) is 11.5. The van der Waals surface area contributed by atoms with E-state index in [4.69, 9.17) is 0 Å². The van der Waals surface area contributed by atoms with Crippen LogP contribution in [0.1, 0.15) is 12.5 Å². The largest absolute Gasteiger partial charge is 0.416 e. The summed E-state index contributed by atoms with van der Waals surface area (Å²) >= 11 is 1.08. The van der Waals surface area contributed by atoms with E-state index in [1.807, 2.05) is 30.3 Å². The number of aromatic nitrogens is 2. The van der Waals surface area contributed by atoms with Gasteiger partial charge in [-0.1, -0.05) is 47.7 Å². The van der Waals surface area contributed by atoms with Crippen LogP contribution in [0.4, 0.5) is 24.0 Å². The van der Waals surface area contributed by atoms with E-state index in [1.54, 1.807) is 0 Å². The molecule has 1 heterocycles. The van der Waals surface area contributed by atoms with E-state index in [-0.39, 0.29) is 10.8 Å². The molecule has 0 bridgehead atoms. The van der Waals surface area contributed by atoms with Gasteiger partial charge in [-0.2, -0.15) is 13.2 Å². The molecule has 31 heavy (non-hydrogen) atoms. The van der Waals surface area contributed by atoms with Gasteiger partial charge >= 0.3 is 6.18 Å². The van der Waals surface area contributed by atoms with Crippen LogP contribution in [0.2, 0.25) is 0 Å². The monoisotopic (exact) mass is 470 g/mol. The van der Waals surface area contributed by atoms with Crippen molar-refractivity contribution in [3.05, 3.63) is 60.2 Å². The third kappa shape index (κ3) is 5.39. The number of benzene rings is 2. The summed E-state index contributed by atoms with van der Waals surface area (Å²) in [6, 6.07) is 11.5. The Morgan fingerprint density at radius 2 is 1.77 bits per heavy atom. The first kappa shape index (κ1) is 22.7. The lowest BCUT2D eigenvalue weighted by Crippen LogP contribution is -2.45. The van der Waals surface area contributed by atoms with Gasteiger partial charge in [-0.15, -0.1) is 10.2 Å². The van der Waals surface area contributed by atoms with E-state index >= 15 is 0 Å². The SMILES string of the molecule is C[C@@H](C(=O)Nc1nnc(-c2ccccc2)s1)N(c1cccc(C(F)(F)F)c1)S(C)(=O)=O. The smallest absolute Gasteiger partial charge is 0.299 e. The number of rotatable bonds is 6. The number of halogens is 3. The normalized spacial score (nSPS) is 12.9. The van der Waals surface area contributed by atoms with E-state index in [0.717, 1.165) is 35.3 Å². The van der Waals surface area contributed by atoms with Crippen LogP contribution in [0.15, 0.2) is 54.6 Å². The van der Waals surface area contributed by atoms with Gasteiger partial charge in [0.05, 0.1) is 17.5 Å². The molecule has 1 aromatic heterocycles. The van der Waals surface area contributed by atoms with Crippen LogP contribution < -0.4 is 9.62 Å². The highest BCUT2D eigenvalue weighted by Crippen LogP contribution is 2.33. The van der Waals surface area contributed by atoms with Gasteiger partial charge in [-0.05, 0) is 25.1 Å². The topological polar surface area (TPSA) is 92.3 Å². The van der Waals surface area contributed by atoms with Gasteiger partial charge in [-0.3, -0.25) is 14.4 Å². The van der Waals surface area contributed by atoms with Crippen molar-refractivity contribution in [2.45, 2.75) is 19.1 Å². The molecule has 3 rings (SSSR count). The first-order valence-electron chi connectivity index (χ1n) is 8.83. The van der Waals surface area contributed by atoms with E-state index in [1.165, 1.54) is 13.0 Å². The van der Waals surface area contributed by atoms with Crippen molar-refractivity contribution in [1.82, 2.24) is 10.2 Å². The zero-order chi connectivity index (χ0) is 22.8. The van der Waals surface area contributed by atoms with Crippen LogP contribution in [0, 0.1) is 0 Å². The highest BCUT2D eigenvalue weighted by atomic mass is 32.2. The predicted molar refractivity (Wildman–Crippen MR) is 112 cm³/mol. The van der Waals surface area contributed by atoms with Crippen LogP contribution in [0.25, 0.3) is 10.6 Å². The summed E-state index contributed by atoms with van der Waals surface area (Å²) in [7, 11) is -4.08. The Hall–Kier alpha value is -2.99. The number of alkyl halides is 3. The number of nitrogens with zero attached hydrogens (tertiary/aromatic N) is 3. The molecule has 164 valence electrons. The van der Waals surface area contributed by atoms with Crippen molar-refractivity contribution in [3.63, 3.8) is 0 Å². The maximum absolute atomic E-state index is 13.1. The van der Waals surface area contributed by atoms with E-state index in [0.29, 0.717) is 15.4 Å². The molecule has 0 unspecified atom stereocenters. The molecule has 0 aliphatic carbocycles. The summed E-state index contributed by atoms with van der Waals surface area (Å²) in [5.74, 6) is -0.765. The molecule has 2 aromatic carbocycles. The molecular weight excluding hydrogens is 453 g/mol. The Morgan fingerprint density at radius 3 is 2.39 bits per heavy atom. The number of hydrogen-bond donors (Lipinski definition) is 1. The van der Waals surface area contributed by atoms with Gasteiger partial charge in [0.2, 0.25) is 21.1 Å². The highest BCUT2D eigenvalue weighted by molar-refractivity contribution is 7.92. The summed E-state index contributed by atoms with van der Waals surface area (Å²) in [5, 5.41) is 11.0. The Bertz CT molecular complexity index is 1180. The molecule has 7 nitrogen and oxygen atoms in total. The zero-order valence-electron chi connectivity index (χ0n) is 16.3. The Morgan fingerprint density at radius 1 is 1.10 bits per heavy atom. The average molecular weight is 470 g/mol. The number of sulfonamides is 1. The fourth-order valence-corrected chi connectivity index (χ4v) is 4.73. The molecule has 0 saturated heterocycles. The summed E-state index contributed by atoms with van der Waals surface area (Å²) in [5.41, 5.74) is -0.514. The van der Waals surface area contributed by atoms with Gasteiger partial charge in [-0.25, -0.2) is 8.42 Å². The molecule has 0 spiro atoms. The van der Waals surface area contributed by atoms with Crippen molar-refractivity contribution in [2.75, 3.05) is 15.9 Å². The van der Waals surface area contributed by atoms with Gasteiger partial charge in [0.1, 0.15) is 11.0 Å². The minimum absolute atomic E-state index is 0.133. The Labute approximate surface area is 180 Å². The minimum Gasteiger partial charge on any atom is -0.299 e. The maximum Gasteiger partial charge on any atom is 0.416 e. The van der Waals surface area contributed by atoms with Crippen LogP contribution >= 0.6 is 11.3 Å². The fourth-order valence-electron chi connectivity index (χ4n) is 2.81. The summed E-state index contributed by atoms with van der Waals surface area (Å²) in [6.45, 7) is 1.27. The lowest BCUT2D eigenvalue weighted by atomic mass is 10.2. The van der Waals surface area contributed by atoms with Gasteiger partial charge in [0.15, 0.2) is 0 Å². The number of carbonyl (C=O) groups is 1. The van der Waals surface area contributed by atoms with Crippen molar-refractivity contribution in [3.8, 4) is 10.6 Å². The summed E-state index contributed by atoms with van der Waals surface area (Å²) in [6.07, 6.45) is -3.85. The third-order valence-corrected chi connectivity index (χ3v) is 6.32. The molecular formula is C19H17F3N4O3S2. The van der Waals surface area contributed by atoms with Crippen LogP contribution in [0.3, 0.4) is 0 Å². The van der Waals surface area contributed by atoms with Gasteiger partial charge in [0.25, 0.3) is 0 Å². The van der Waals surface area contributed by atoms with E-state index in [9.17, 15) is 26.4 Å². The van der Waals surface area contributed by atoms with Gasteiger partial charge < -0.3 is 0 Å². The van der Waals surface area contributed by atoms with Crippen molar-refractivity contribution in [1.29, 1.82) is 0 Å². The Kier molecular flexibility index (Phi) is 6.32. The average Bonchev–Trinajstić information content (AvgIpc) is 3.16. The second-order valence-corrected chi connectivity index (χ2v) is 9.39. The minimum atomic E-state index is -4.66. The van der Waals surface area contributed by atoms with E-state index in [2.05, 4.69) is 15.5 Å². The van der Waals surface area contributed by atoms with Gasteiger partial charge in [0, 0.05) is 5.56 Å². The molecule has 12 heteroatoms. The molecule has 3 aromatic rings. The second-order valence-electron chi connectivity index (χ2n) is 6.55. The van der Waals surface area contributed by atoms with Crippen LogP contribution in [-0.2, 0) is 21.0 Å². The number of carbonyl (C=O) groups excluding carboxylic acids is 1. The van der Waals surface area contributed by atoms with E-state index < -0.39 is 33.7 Å². The fraction of sp³-hybridized carbons (Fsp3) is 0.211. The number of amides is 1. The molecule has 0 aliphatic rings. The quantitative estimate of drug-likeness (QED) is 0.588. The van der Waals surface area contributed by atoms with Crippen molar-refractivity contribution in [2.24, 2.45) is 0 Å². The van der Waals surface area contributed by atoms with Crippen molar-refractivity contribution >= 4 is 38.1 Å². The third-order valence-electron chi connectivity index (χ3n) is 4.19. The molecule has 1 N–H and O–H groups in total. The zero-order valence-corrected chi connectivity index (χ0v) is 17.9. The number of nitrogens with one attached hydrogen (secondary N) is 1. The second kappa shape index (κ2) is 8.63. The standard InChI is InChI=1S/C19H17F3N4O3S2/c1-12(16(27)23-18-25-24-17(30-18)13-7-4-3-5-8-13)26(31(2,28)29)15-10-6-9-14(11-15)19(20,21)22/h3-12H,1-2H3,(H,23,25,27)/t12-/m0/s1. The molecule has 1 amide bonds.